The first-order valence-electron chi connectivity index (χ1n) is 7.84. The quantitative estimate of drug-likeness (QED) is 0.773. The van der Waals surface area contributed by atoms with Gasteiger partial charge in [-0.15, -0.1) is 0 Å². The maximum atomic E-state index is 12.6. The first-order chi connectivity index (χ1) is 9.25. The van der Waals surface area contributed by atoms with Crippen molar-refractivity contribution in [2.45, 2.75) is 50.6 Å². The lowest BCUT2D eigenvalue weighted by Crippen LogP contribution is -2.57. The fraction of sp³-hybridized carbons (Fsp3) is 0.933. The third-order valence-electron chi connectivity index (χ3n) is 5.21. The molecule has 0 spiro atoms. The molecule has 0 bridgehead atoms. The number of amides is 1. The molecular weight excluding hydrogens is 240 g/mol. The Balaban J connectivity index is 1.59. The van der Waals surface area contributed by atoms with Crippen LogP contribution in [-0.4, -0.2) is 61.1 Å². The zero-order chi connectivity index (χ0) is 13.2. The average Bonchev–Trinajstić information content (AvgIpc) is 2.31. The maximum Gasteiger partial charge on any atom is 0.242 e. The molecule has 19 heavy (non-hydrogen) atoms. The Bertz CT molecular complexity index is 326. The highest BCUT2D eigenvalue weighted by atomic mass is 16.5. The molecular formula is C15H26N2O2. The first kappa shape index (κ1) is 13.4. The summed E-state index contributed by atoms with van der Waals surface area (Å²) in [4.78, 5) is 17.0. The summed E-state index contributed by atoms with van der Waals surface area (Å²) in [5.41, 5.74) is 0. The van der Waals surface area contributed by atoms with Crippen molar-refractivity contribution in [3.05, 3.63) is 0 Å². The van der Waals surface area contributed by atoms with E-state index >= 15 is 0 Å². The van der Waals surface area contributed by atoms with Crippen LogP contribution < -0.4 is 0 Å². The number of rotatable bonds is 4. The van der Waals surface area contributed by atoms with Gasteiger partial charge in [-0.2, -0.15) is 0 Å². The monoisotopic (exact) mass is 266 g/mol. The lowest BCUT2D eigenvalue weighted by Gasteiger charge is -2.43. The molecule has 3 aliphatic rings. The Morgan fingerprint density at radius 2 is 2.00 bits per heavy atom. The number of hydrogen-bond donors (Lipinski definition) is 0. The van der Waals surface area contributed by atoms with E-state index in [0.717, 1.165) is 25.6 Å². The molecule has 4 nitrogen and oxygen atoms in total. The summed E-state index contributed by atoms with van der Waals surface area (Å²) < 4.78 is 5.56. The Labute approximate surface area is 116 Å². The van der Waals surface area contributed by atoms with E-state index in [1.807, 2.05) is 11.9 Å². The molecule has 0 aromatic carbocycles. The molecule has 4 heteroatoms. The molecule has 0 radical (unpaired) electrons. The Kier molecular flexibility index (Phi) is 4.08. The van der Waals surface area contributed by atoms with Gasteiger partial charge in [-0.05, 0) is 38.0 Å². The SMILES string of the molecule is CN(C(=O)[C@@H]1COCCN1CC1CCC1)C1CCC1. The van der Waals surface area contributed by atoms with Crippen molar-refractivity contribution in [2.75, 3.05) is 33.4 Å². The average molecular weight is 266 g/mol. The number of carbonyl (C=O) groups is 1. The summed E-state index contributed by atoms with van der Waals surface area (Å²) >= 11 is 0. The molecule has 3 rings (SSSR count). The summed E-state index contributed by atoms with van der Waals surface area (Å²) in [7, 11) is 1.97. The fourth-order valence-electron chi connectivity index (χ4n) is 3.28. The molecule has 1 amide bonds. The van der Waals surface area contributed by atoms with Gasteiger partial charge in [0.15, 0.2) is 0 Å². The number of likely N-dealkylation sites (N-methyl/N-ethyl adjacent to an activating group) is 1. The van der Waals surface area contributed by atoms with Crippen LogP contribution in [0.2, 0.25) is 0 Å². The third-order valence-corrected chi connectivity index (χ3v) is 5.21. The Morgan fingerprint density at radius 1 is 1.26 bits per heavy atom. The van der Waals surface area contributed by atoms with E-state index in [0.29, 0.717) is 12.6 Å². The van der Waals surface area contributed by atoms with Crippen molar-refractivity contribution >= 4 is 5.91 Å². The van der Waals surface area contributed by atoms with Gasteiger partial charge in [-0.1, -0.05) is 6.42 Å². The van der Waals surface area contributed by atoms with Crippen molar-refractivity contribution in [1.82, 2.24) is 9.80 Å². The lowest BCUT2D eigenvalue weighted by atomic mass is 9.84. The fourth-order valence-corrected chi connectivity index (χ4v) is 3.28. The topological polar surface area (TPSA) is 32.8 Å². The molecule has 0 aromatic rings. The van der Waals surface area contributed by atoms with E-state index < -0.39 is 0 Å². The summed E-state index contributed by atoms with van der Waals surface area (Å²) in [6, 6.07) is 0.458. The molecule has 1 atom stereocenters. The van der Waals surface area contributed by atoms with Crippen LogP contribution >= 0.6 is 0 Å². The largest absolute Gasteiger partial charge is 0.378 e. The Morgan fingerprint density at radius 3 is 2.58 bits per heavy atom. The highest BCUT2D eigenvalue weighted by molar-refractivity contribution is 5.82. The normalized spacial score (nSPS) is 29.6. The van der Waals surface area contributed by atoms with Gasteiger partial charge in [0.2, 0.25) is 5.91 Å². The van der Waals surface area contributed by atoms with E-state index in [9.17, 15) is 4.79 Å². The van der Waals surface area contributed by atoms with E-state index in [2.05, 4.69) is 4.90 Å². The van der Waals surface area contributed by atoms with E-state index in [-0.39, 0.29) is 11.9 Å². The van der Waals surface area contributed by atoms with Crippen LogP contribution in [0.5, 0.6) is 0 Å². The summed E-state index contributed by atoms with van der Waals surface area (Å²) in [6.45, 7) is 3.38. The number of morpholine rings is 1. The second kappa shape index (κ2) is 5.80. The van der Waals surface area contributed by atoms with E-state index in [1.54, 1.807) is 0 Å². The van der Waals surface area contributed by atoms with Gasteiger partial charge in [0.25, 0.3) is 0 Å². The zero-order valence-corrected chi connectivity index (χ0v) is 12.0. The van der Waals surface area contributed by atoms with Crippen molar-refractivity contribution in [3.63, 3.8) is 0 Å². The predicted molar refractivity (Wildman–Crippen MR) is 73.9 cm³/mol. The minimum Gasteiger partial charge on any atom is -0.378 e. The molecule has 0 aromatic heterocycles. The molecule has 3 fully saturated rings. The van der Waals surface area contributed by atoms with Gasteiger partial charge in [-0.3, -0.25) is 9.69 Å². The van der Waals surface area contributed by atoms with Crippen molar-refractivity contribution in [3.8, 4) is 0 Å². The maximum absolute atomic E-state index is 12.6. The van der Waals surface area contributed by atoms with Crippen molar-refractivity contribution in [1.29, 1.82) is 0 Å². The van der Waals surface area contributed by atoms with Gasteiger partial charge in [0.1, 0.15) is 6.04 Å². The van der Waals surface area contributed by atoms with Gasteiger partial charge < -0.3 is 9.64 Å². The molecule has 1 aliphatic heterocycles. The van der Waals surface area contributed by atoms with Crippen LogP contribution in [0.3, 0.4) is 0 Å². The molecule has 108 valence electrons. The molecule has 1 saturated heterocycles. The number of carbonyl (C=O) groups excluding carboxylic acids is 1. The van der Waals surface area contributed by atoms with Gasteiger partial charge in [0.05, 0.1) is 13.2 Å². The lowest BCUT2D eigenvalue weighted by molar-refractivity contribution is -0.146. The molecule has 2 saturated carbocycles. The molecule has 0 unspecified atom stereocenters. The van der Waals surface area contributed by atoms with Crippen molar-refractivity contribution < 1.29 is 9.53 Å². The van der Waals surface area contributed by atoms with Crippen LogP contribution in [0.1, 0.15) is 38.5 Å². The number of ether oxygens (including phenoxy) is 1. The highest BCUT2D eigenvalue weighted by Crippen LogP contribution is 2.29. The van der Waals surface area contributed by atoms with Gasteiger partial charge in [-0.25, -0.2) is 0 Å². The van der Waals surface area contributed by atoms with E-state index in [1.165, 1.54) is 38.5 Å². The zero-order valence-electron chi connectivity index (χ0n) is 12.0. The summed E-state index contributed by atoms with van der Waals surface area (Å²) in [6.07, 6.45) is 7.69. The Hall–Kier alpha value is -0.610. The molecule has 0 N–H and O–H groups in total. The first-order valence-corrected chi connectivity index (χ1v) is 7.84. The second-order valence-electron chi connectivity index (χ2n) is 6.42. The second-order valence-corrected chi connectivity index (χ2v) is 6.42. The summed E-state index contributed by atoms with van der Waals surface area (Å²) in [5.74, 6) is 1.10. The van der Waals surface area contributed by atoms with Crippen LogP contribution in [0.4, 0.5) is 0 Å². The van der Waals surface area contributed by atoms with Crippen LogP contribution in [0.15, 0.2) is 0 Å². The van der Waals surface area contributed by atoms with Gasteiger partial charge in [0, 0.05) is 26.2 Å². The van der Waals surface area contributed by atoms with Crippen LogP contribution in [0, 0.1) is 5.92 Å². The number of hydrogen-bond acceptors (Lipinski definition) is 3. The van der Waals surface area contributed by atoms with Crippen LogP contribution in [-0.2, 0) is 9.53 Å². The summed E-state index contributed by atoms with van der Waals surface area (Å²) in [5, 5.41) is 0. The molecule has 1 heterocycles. The number of nitrogens with zero attached hydrogens (tertiary/aromatic N) is 2. The predicted octanol–water partition coefficient (Wildman–Crippen LogP) is 1.50. The standard InChI is InChI=1S/C15H26N2O2/c1-16(13-6-3-7-13)15(18)14-11-19-9-8-17(14)10-12-4-2-5-12/h12-14H,2-11H2,1H3/t14-/m0/s1. The van der Waals surface area contributed by atoms with Gasteiger partial charge >= 0.3 is 0 Å². The van der Waals surface area contributed by atoms with E-state index in [4.69, 9.17) is 4.74 Å². The van der Waals surface area contributed by atoms with Crippen LogP contribution in [0.25, 0.3) is 0 Å². The third kappa shape index (κ3) is 2.79. The molecule has 2 aliphatic carbocycles. The van der Waals surface area contributed by atoms with Crippen molar-refractivity contribution in [2.24, 2.45) is 5.92 Å². The highest BCUT2D eigenvalue weighted by Gasteiger charge is 2.36. The smallest absolute Gasteiger partial charge is 0.242 e. The minimum atomic E-state index is -0.0278. The minimum absolute atomic E-state index is 0.0278.